The average molecular weight is 434 g/mol. The molecular weight excluding hydrogens is 408 g/mol. The highest BCUT2D eigenvalue weighted by Gasteiger charge is 2.23. The van der Waals surface area contributed by atoms with Crippen molar-refractivity contribution in [2.45, 2.75) is 13.3 Å². The van der Waals surface area contributed by atoms with Crippen LogP contribution < -0.4 is 15.5 Å². The fourth-order valence-electron chi connectivity index (χ4n) is 3.38. The third kappa shape index (κ3) is 6.45. The second-order valence-electron chi connectivity index (χ2n) is 7.41. The maximum Gasteiger partial charge on any atom is 0.234 e. The first-order valence-electron chi connectivity index (χ1n) is 9.81. The predicted molar refractivity (Wildman–Crippen MR) is 117 cm³/mol. The maximum atomic E-state index is 13.4. The minimum absolute atomic E-state index is 0.116. The Morgan fingerprint density at radius 1 is 1.10 bits per heavy atom. The fraction of sp³-hybridized carbons (Fsp3) is 0.364. The molecule has 1 unspecified atom stereocenters. The molecule has 30 heavy (non-hydrogen) atoms. The first kappa shape index (κ1) is 22.1. The summed E-state index contributed by atoms with van der Waals surface area (Å²) in [4.78, 5) is 26.0. The van der Waals surface area contributed by atoms with Crippen molar-refractivity contribution in [3.05, 3.63) is 59.7 Å². The Kier molecular flexibility index (Phi) is 7.68. The molecule has 2 amide bonds. The number of halogens is 2. The van der Waals surface area contributed by atoms with Crippen LogP contribution in [0.25, 0.3) is 0 Å². The zero-order valence-corrected chi connectivity index (χ0v) is 17.6. The van der Waals surface area contributed by atoms with Crippen LogP contribution in [0.4, 0.5) is 20.2 Å². The van der Waals surface area contributed by atoms with Gasteiger partial charge < -0.3 is 15.5 Å². The van der Waals surface area contributed by atoms with Gasteiger partial charge in [0.05, 0.1) is 11.5 Å². The van der Waals surface area contributed by atoms with Crippen LogP contribution in [0.5, 0.6) is 0 Å². The molecular formula is C22H25F2N3O2S. The number of hydrogen-bond donors (Lipinski definition) is 2. The number of carbonyl (C=O) groups is 2. The molecule has 0 spiro atoms. The second kappa shape index (κ2) is 10.4. The molecule has 0 radical (unpaired) electrons. The van der Waals surface area contributed by atoms with Crippen LogP contribution in [0.2, 0.25) is 0 Å². The Hall–Kier alpha value is -2.61. The monoisotopic (exact) mass is 433 g/mol. The molecule has 2 aromatic rings. The zero-order chi connectivity index (χ0) is 21.5. The van der Waals surface area contributed by atoms with E-state index in [1.54, 1.807) is 6.07 Å². The molecule has 1 atom stereocenters. The lowest BCUT2D eigenvalue weighted by atomic mass is 10.1. The Bertz CT molecular complexity index is 910. The summed E-state index contributed by atoms with van der Waals surface area (Å²) in [5.41, 5.74) is 2.46. The molecule has 1 fully saturated rings. The van der Waals surface area contributed by atoms with Crippen LogP contribution in [-0.2, 0) is 9.59 Å². The number of benzene rings is 2. The fourth-order valence-corrected chi connectivity index (χ4v) is 4.03. The topological polar surface area (TPSA) is 61.4 Å². The van der Waals surface area contributed by atoms with Gasteiger partial charge in [-0.2, -0.15) is 0 Å². The highest BCUT2D eigenvalue weighted by Crippen LogP contribution is 2.25. The number of carbonyl (C=O) groups excluding carboxylic acids is 2. The van der Waals surface area contributed by atoms with E-state index in [1.165, 1.54) is 17.8 Å². The van der Waals surface area contributed by atoms with E-state index in [1.807, 2.05) is 36.1 Å². The molecule has 1 aliphatic heterocycles. The highest BCUT2D eigenvalue weighted by atomic mass is 32.2. The number of thioether (sulfide) groups is 1. The van der Waals surface area contributed by atoms with Gasteiger partial charge in [0.15, 0.2) is 11.6 Å². The van der Waals surface area contributed by atoms with E-state index in [-0.39, 0.29) is 29.2 Å². The van der Waals surface area contributed by atoms with Gasteiger partial charge in [-0.15, -0.1) is 11.8 Å². The number of nitrogens with one attached hydrogen (secondary N) is 2. The van der Waals surface area contributed by atoms with E-state index in [4.69, 9.17) is 0 Å². The Morgan fingerprint density at radius 3 is 2.67 bits per heavy atom. The van der Waals surface area contributed by atoms with E-state index < -0.39 is 11.6 Å². The normalized spacial score (nSPS) is 15.8. The van der Waals surface area contributed by atoms with Gasteiger partial charge in [0.2, 0.25) is 11.8 Å². The third-order valence-corrected chi connectivity index (χ3v) is 5.84. The van der Waals surface area contributed by atoms with Crippen molar-refractivity contribution in [2.24, 2.45) is 5.92 Å². The number of nitrogens with zero attached hydrogens (tertiary/aromatic N) is 1. The van der Waals surface area contributed by atoms with E-state index in [0.717, 1.165) is 30.3 Å². The standard InChI is InChI=1S/C22H25F2N3O2S/c1-15-3-2-4-17(9-15)26-22(29)14-30-13-21(28)25-11-16-7-8-27(12-16)18-5-6-19(23)20(24)10-18/h2-6,9-10,16H,7-8,11-14H2,1H3,(H,25,28)(H,26,29). The molecule has 3 rings (SSSR count). The number of anilines is 2. The Labute approximate surface area is 179 Å². The summed E-state index contributed by atoms with van der Waals surface area (Å²) in [5, 5.41) is 5.71. The minimum atomic E-state index is -0.855. The molecule has 160 valence electrons. The van der Waals surface area contributed by atoms with Gasteiger partial charge >= 0.3 is 0 Å². The predicted octanol–water partition coefficient (Wildman–Crippen LogP) is 3.59. The zero-order valence-electron chi connectivity index (χ0n) is 16.8. The summed E-state index contributed by atoms with van der Waals surface area (Å²) in [6.45, 7) is 3.89. The Morgan fingerprint density at radius 2 is 1.90 bits per heavy atom. The molecule has 0 bridgehead atoms. The van der Waals surface area contributed by atoms with E-state index in [0.29, 0.717) is 18.8 Å². The summed E-state index contributed by atoms with van der Waals surface area (Å²) in [5.74, 6) is -1.31. The molecule has 5 nitrogen and oxygen atoms in total. The first-order chi connectivity index (χ1) is 14.4. The summed E-state index contributed by atoms with van der Waals surface area (Å²) in [6.07, 6.45) is 0.866. The lowest BCUT2D eigenvalue weighted by Gasteiger charge is -2.19. The SMILES string of the molecule is Cc1cccc(NC(=O)CSCC(=O)NCC2CCN(c3ccc(F)c(F)c3)C2)c1. The van der Waals surface area contributed by atoms with Crippen LogP contribution in [-0.4, -0.2) is 43.0 Å². The van der Waals surface area contributed by atoms with Crippen molar-refractivity contribution in [1.82, 2.24) is 5.32 Å². The smallest absolute Gasteiger partial charge is 0.234 e. The van der Waals surface area contributed by atoms with Gasteiger partial charge in [-0.05, 0) is 49.1 Å². The summed E-state index contributed by atoms with van der Waals surface area (Å²) in [6, 6.07) is 11.4. The largest absolute Gasteiger partial charge is 0.371 e. The summed E-state index contributed by atoms with van der Waals surface area (Å²) < 4.78 is 26.5. The van der Waals surface area contributed by atoms with Crippen LogP contribution in [0.1, 0.15) is 12.0 Å². The number of rotatable bonds is 8. The third-order valence-electron chi connectivity index (χ3n) is 4.91. The molecule has 0 saturated carbocycles. The molecule has 1 saturated heterocycles. The van der Waals surface area contributed by atoms with E-state index in [9.17, 15) is 18.4 Å². The second-order valence-corrected chi connectivity index (χ2v) is 8.40. The number of hydrogen-bond acceptors (Lipinski definition) is 4. The van der Waals surface area contributed by atoms with Crippen LogP contribution >= 0.6 is 11.8 Å². The minimum Gasteiger partial charge on any atom is -0.371 e. The van der Waals surface area contributed by atoms with Gasteiger partial charge in [0.1, 0.15) is 0 Å². The lowest BCUT2D eigenvalue weighted by Crippen LogP contribution is -2.32. The molecule has 2 aromatic carbocycles. The van der Waals surface area contributed by atoms with Crippen LogP contribution in [0.15, 0.2) is 42.5 Å². The maximum absolute atomic E-state index is 13.4. The first-order valence-corrected chi connectivity index (χ1v) is 11.0. The van der Waals surface area contributed by atoms with Crippen molar-refractivity contribution < 1.29 is 18.4 Å². The van der Waals surface area contributed by atoms with Gasteiger partial charge in [-0.3, -0.25) is 9.59 Å². The van der Waals surface area contributed by atoms with E-state index >= 15 is 0 Å². The molecule has 1 heterocycles. The van der Waals surface area contributed by atoms with Crippen LogP contribution in [0, 0.1) is 24.5 Å². The lowest BCUT2D eigenvalue weighted by molar-refractivity contribution is -0.118. The van der Waals surface area contributed by atoms with Crippen LogP contribution in [0.3, 0.4) is 0 Å². The quantitative estimate of drug-likeness (QED) is 0.668. The van der Waals surface area contributed by atoms with Crippen molar-refractivity contribution in [3.8, 4) is 0 Å². The van der Waals surface area contributed by atoms with Crippen molar-refractivity contribution in [3.63, 3.8) is 0 Å². The van der Waals surface area contributed by atoms with Crippen molar-refractivity contribution in [1.29, 1.82) is 0 Å². The van der Waals surface area contributed by atoms with E-state index in [2.05, 4.69) is 10.6 Å². The van der Waals surface area contributed by atoms with Gasteiger partial charge in [-0.1, -0.05) is 12.1 Å². The summed E-state index contributed by atoms with van der Waals surface area (Å²) in [7, 11) is 0. The van der Waals surface area contributed by atoms with Crippen molar-refractivity contribution in [2.75, 3.05) is 41.4 Å². The molecule has 2 N–H and O–H groups in total. The molecule has 0 aromatic heterocycles. The Balaban J connectivity index is 1.33. The number of amides is 2. The molecule has 1 aliphatic rings. The van der Waals surface area contributed by atoms with Gasteiger partial charge in [0, 0.05) is 37.1 Å². The highest BCUT2D eigenvalue weighted by molar-refractivity contribution is 8.00. The molecule has 0 aliphatic carbocycles. The number of aryl methyl sites for hydroxylation is 1. The summed E-state index contributed by atoms with van der Waals surface area (Å²) >= 11 is 1.26. The van der Waals surface area contributed by atoms with Gasteiger partial charge in [-0.25, -0.2) is 8.78 Å². The molecule has 8 heteroatoms. The average Bonchev–Trinajstić information content (AvgIpc) is 3.17. The van der Waals surface area contributed by atoms with Crippen molar-refractivity contribution >= 4 is 35.0 Å². The van der Waals surface area contributed by atoms with Gasteiger partial charge in [0.25, 0.3) is 0 Å².